The number of nitrogens with one attached hydrogen (secondary N) is 2. The van der Waals surface area contributed by atoms with Crippen molar-refractivity contribution in [2.45, 2.75) is 32.6 Å². The first-order chi connectivity index (χ1) is 8.74. The molecule has 2 N–H and O–H groups in total. The lowest BCUT2D eigenvalue weighted by Crippen LogP contribution is -2.28. The Kier molecular flexibility index (Phi) is 6.73. The van der Waals surface area contributed by atoms with Crippen molar-refractivity contribution >= 4 is 24.0 Å². The van der Waals surface area contributed by atoms with Gasteiger partial charge < -0.3 is 10.6 Å². The highest BCUT2D eigenvalue weighted by atomic mass is 35.5. The van der Waals surface area contributed by atoms with Gasteiger partial charge in [0.05, 0.1) is 18.1 Å². The van der Waals surface area contributed by atoms with Gasteiger partial charge in [-0.15, -0.1) is 12.4 Å². The van der Waals surface area contributed by atoms with Crippen LogP contribution in [0.15, 0.2) is 12.4 Å². The van der Waals surface area contributed by atoms with Gasteiger partial charge in [-0.3, -0.25) is 4.79 Å². The Bertz CT molecular complexity index is 390. The molecule has 106 valence electrons. The number of hydrogen-bond acceptors (Lipinski definition) is 4. The molecule has 0 aromatic carbocycles. The maximum Gasteiger partial charge on any atom is 0.224 e. The van der Waals surface area contributed by atoms with Crippen molar-refractivity contribution in [3.63, 3.8) is 0 Å². The zero-order valence-corrected chi connectivity index (χ0v) is 12.0. The van der Waals surface area contributed by atoms with E-state index in [4.69, 9.17) is 0 Å². The summed E-state index contributed by atoms with van der Waals surface area (Å²) in [6.45, 7) is 3.99. The first-order valence-electron chi connectivity index (χ1n) is 6.53. The highest BCUT2D eigenvalue weighted by molar-refractivity contribution is 5.90. The molecule has 0 radical (unpaired) electrons. The molecule has 1 saturated heterocycles. The second kappa shape index (κ2) is 8.07. The number of aromatic nitrogens is 2. The molecular formula is C13H21ClN4O. The van der Waals surface area contributed by atoms with E-state index in [0.29, 0.717) is 23.9 Å². The van der Waals surface area contributed by atoms with E-state index in [2.05, 4.69) is 20.6 Å². The van der Waals surface area contributed by atoms with Crippen LogP contribution in [-0.2, 0) is 4.79 Å². The lowest BCUT2D eigenvalue weighted by atomic mass is 9.93. The van der Waals surface area contributed by atoms with E-state index in [-0.39, 0.29) is 18.3 Å². The van der Waals surface area contributed by atoms with Gasteiger partial charge in [-0.25, -0.2) is 9.97 Å². The third-order valence-electron chi connectivity index (χ3n) is 3.30. The molecule has 2 rings (SSSR count). The summed E-state index contributed by atoms with van der Waals surface area (Å²) in [5.41, 5.74) is 0.677. The predicted molar refractivity (Wildman–Crippen MR) is 77.5 cm³/mol. The maximum absolute atomic E-state index is 11.8. The van der Waals surface area contributed by atoms with Crippen LogP contribution in [0.4, 0.5) is 5.69 Å². The Morgan fingerprint density at radius 2 is 2.00 bits per heavy atom. The number of carbonyl (C=O) groups is 1. The number of amides is 1. The second-order valence-electron chi connectivity index (χ2n) is 4.80. The summed E-state index contributed by atoms with van der Waals surface area (Å²) in [4.78, 5) is 19.9. The van der Waals surface area contributed by atoms with Crippen LogP contribution in [0, 0.1) is 12.8 Å². The fraction of sp³-hybridized carbons (Fsp3) is 0.615. The molecule has 1 aromatic rings. The molecule has 19 heavy (non-hydrogen) atoms. The molecule has 0 aliphatic carbocycles. The van der Waals surface area contributed by atoms with E-state index in [1.807, 2.05) is 6.92 Å². The first-order valence-corrected chi connectivity index (χ1v) is 6.53. The fourth-order valence-corrected chi connectivity index (χ4v) is 2.19. The molecule has 0 saturated carbocycles. The molecule has 0 bridgehead atoms. The van der Waals surface area contributed by atoms with Gasteiger partial charge in [0.15, 0.2) is 0 Å². The van der Waals surface area contributed by atoms with E-state index in [1.165, 1.54) is 12.8 Å². The average molecular weight is 285 g/mol. The topological polar surface area (TPSA) is 66.9 Å². The van der Waals surface area contributed by atoms with Crippen molar-refractivity contribution in [3.8, 4) is 0 Å². The van der Waals surface area contributed by atoms with Gasteiger partial charge in [0, 0.05) is 6.42 Å². The summed E-state index contributed by atoms with van der Waals surface area (Å²) in [5, 5.41) is 6.16. The summed E-state index contributed by atoms with van der Waals surface area (Å²) in [6, 6.07) is 0. The van der Waals surface area contributed by atoms with Crippen LogP contribution < -0.4 is 10.6 Å². The smallest absolute Gasteiger partial charge is 0.224 e. The quantitative estimate of drug-likeness (QED) is 0.886. The van der Waals surface area contributed by atoms with Crippen LogP contribution in [0.5, 0.6) is 0 Å². The second-order valence-corrected chi connectivity index (χ2v) is 4.80. The van der Waals surface area contributed by atoms with E-state index in [9.17, 15) is 4.79 Å². The molecule has 2 heterocycles. The predicted octanol–water partition coefficient (Wildman–Crippen LogP) is 1.93. The minimum atomic E-state index is 0. The molecule has 1 amide bonds. The zero-order valence-electron chi connectivity index (χ0n) is 11.2. The average Bonchev–Trinajstić information content (AvgIpc) is 2.40. The van der Waals surface area contributed by atoms with Crippen molar-refractivity contribution in [3.05, 3.63) is 18.2 Å². The van der Waals surface area contributed by atoms with Crippen LogP contribution >= 0.6 is 12.4 Å². The molecule has 6 heteroatoms. The normalized spacial score (nSPS) is 15.6. The maximum atomic E-state index is 11.8. The number of rotatable bonds is 4. The Labute approximate surface area is 120 Å². The molecule has 1 aliphatic rings. The summed E-state index contributed by atoms with van der Waals surface area (Å²) >= 11 is 0. The molecule has 0 atom stereocenters. The largest absolute Gasteiger partial charge is 0.323 e. The lowest BCUT2D eigenvalue weighted by Gasteiger charge is -2.22. The van der Waals surface area contributed by atoms with Crippen LogP contribution in [0.25, 0.3) is 0 Å². The fourth-order valence-electron chi connectivity index (χ4n) is 2.19. The molecule has 5 nitrogen and oxygen atoms in total. The van der Waals surface area contributed by atoms with Gasteiger partial charge in [0.1, 0.15) is 5.82 Å². The van der Waals surface area contributed by atoms with Crippen LogP contribution in [0.2, 0.25) is 0 Å². The molecular weight excluding hydrogens is 264 g/mol. The molecule has 0 unspecified atom stereocenters. The van der Waals surface area contributed by atoms with Gasteiger partial charge in [-0.1, -0.05) is 0 Å². The molecule has 1 aromatic heterocycles. The number of halogens is 1. The van der Waals surface area contributed by atoms with Gasteiger partial charge in [0.25, 0.3) is 0 Å². The Balaban J connectivity index is 0.00000180. The van der Waals surface area contributed by atoms with Crippen LogP contribution in [0.1, 0.15) is 31.5 Å². The Morgan fingerprint density at radius 1 is 1.37 bits per heavy atom. The van der Waals surface area contributed by atoms with Gasteiger partial charge in [-0.2, -0.15) is 0 Å². The first kappa shape index (κ1) is 15.9. The van der Waals surface area contributed by atoms with Crippen molar-refractivity contribution in [2.24, 2.45) is 5.92 Å². The number of anilines is 1. The minimum absolute atomic E-state index is 0. The number of aryl methyl sites for hydroxylation is 1. The van der Waals surface area contributed by atoms with Crippen molar-refractivity contribution in [1.82, 2.24) is 15.3 Å². The SMILES string of the molecule is Cc1ncc(NC(=O)CCC2CCNCC2)cn1.Cl. The third-order valence-corrected chi connectivity index (χ3v) is 3.30. The highest BCUT2D eigenvalue weighted by Gasteiger charge is 2.14. The number of carbonyl (C=O) groups excluding carboxylic acids is 1. The number of hydrogen-bond donors (Lipinski definition) is 2. The highest BCUT2D eigenvalue weighted by Crippen LogP contribution is 2.18. The van der Waals surface area contributed by atoms with Gasteiger partial charge in [0.2, 0.25) is 5.91 Å². The minimum Gasteiger partial charge on any atom is -0.323 e. The van der Waals surface area contributed by atoms with Crippen molar-refractivity contribution in [1.29, 1.82) is 0 Å². The number of nitrogens with zero attached hydrogens (tertiary/aromatic N) is 2. The summed E-state index contributed by atoms with van der Waals surface area (Å²) in [5.74, 6) is 1.45. The van der Waals surface area contributed by atoms with Gasteiger partial charge >= 0.3 is 0 Å². The number of piperidine rings is 1. The Morgan fingerprint density at radius 3 is 2.63 bits per heavy atom. The molecule has 1 fully saturated rings. The Hall–Kier alpha value is -1.20. The molecule has 0 spiro atoms. The van der Waals surface area contributed by atoms with E-state index >= 15 is 0 Å². The monoisotopic (exact) mass is 284 g/mol. The lowest BCUT2D eigenvalue weighted by molar-refractivity contribution is -0.116. The summed E-state index contributed by atoms with van der Waals surface area (Å²) in [7, 11) is 0. The standard InChI is InChI=1S/C13H20N4O.ClH/c1-10-15-8-12(9-16-10)17-13(18)3-2-11-4-6-14-7-5-11;/h8-9,11,14H,2-7H2,1H3,(H,17,18);1H. The summed E-state index contributed by atoms with van der Waals surface area (Å²) in [6.07, 6.45) is 7.20. The van der Waals surface area contributed by atoms with E-state index in [0.717, 1.165) is 19.5 Å². The van der Waals surface area contributed by atoms with Crippen LogP contribution in [-0.4, -0.2) is 29.0 Å². The van der Waals surface area contributed by atoms with Gasteiger partial charge in [-0.05, 0) is 45.2 Å². The van der Waals surface area contributed by atoms with Crippen LogP contribution in [0.3, 0.4) is 0 Å². The van der Waals surface area contributed by atoms with E-state index in [1.54, 1.807) is 12.4 Å². The van der Waals surface area contributed by atoms with E-state index < -0.39 is 0 Å². The molecule has 1 aliphatic heterocycles. The van der Waals surface area contributed by atoms with Crippen molar-refractivity contribution < 1.29 is 4.79 Å². The zero-order chi connectivity index (χ0) is 12.8. The summed E-state index contributed by atoms with van der Waals surface area (Å²) < 4.78 is 0. The van der Waals surface area contributed by atoms with Crippen molar-refractivity contribution in [2.75, 3.05) is 18.4 Å². The third kappa shape index (κ3) is 5.53.